The molecule has 6 nitrogen and oxygen atoms in total. The predicted molar refractivity (Wildman–Crippen MR) is 128 cm³/mol. The number of rotatable bonds is 4. The fourth-order valence-electron chi connectivity index (χ4n) is 8.64. The van der Waals surface area contributed by atoms with Crippen molar-refractivity contribution in [1.29, 1.82) is 0 Å². The van der Waals surface area contributed by atoms with E-state index in [1.54, 1.807) is 19.9 Å². The van der Waals surface area contributed by atoms with Crippen LogP contribution in [0.25, 0.3) is 0 Å². The number of hydrogen-bond acceptors (Lipinski definition) is 6. The first-order valence-corrected chi connectivity index (χ1v) is 13.1. The normalized spacial score (nSPS) is 46.0. The molecule has 4 saturated carbocycles. The summed E-state index contributed by atoms with van der Waals surface area (Å²) < 4.78 is 11.7. The van der Waals surface area contributed by atoms with E-state index in [2.05, 4.69) is 6.92 Å². The third kappa shape index (κ3) is 3.66. The van der Waals surface area contributed by atoms with Crippen LogP contribution in [0.4, 0.5) is 0 Å². The van der Waals surface area contributed by atoms with Gasteiger partial charge in [-0.25, -0.2) is 4.79 Å². The van der Waals surface area contributed by atoms with E-state index < -0.39 is 17.1 Å². The molecule has 4 fully saturated rings. The van der Waals surface area contributed by atoms with Crippen LogP contribution in [0.3, 0.4) is 0 Å². The van der Waals surface area contributed by atoms with Gasteiger partial charge in [0.05, 0.1) is 5.60 Å². The van der Waals surface area contributed by atoms with Gasteiger partial charge in [0.2, 0.25) is 0 Å². The molecule has 0 radical (unpaired) electrons. The van der Waals surface area contributed by atoms with Crippen LogP contribution in [-0.4, -0.2) is 40.6 Å². The third-order valence-corrected chi connectivity index (χ3v) is 10.7. The van der Waals surface area contributed by atoms with Crippen molar-refractivity contribution >= 4 is 17.7 Å². The number of aliphatic hydroxyl groups is 1. The second kappa shape index (κ2) is 8.76. The lowest BCUT2D eigenvalue weighted by molar-refractivity contribution is -0.251. The number of hydrogen-bond donors (Lipinski definition) is 1. The largest absolute Gasteiger partial charge is 0.463 e. The summed E-state index contributed by atoms with van der Waals surface area (Å²) in [6, 6.07) is 0. The molecule has 4 aliphatic rings. The van der Waals surface area contributed by atoms with Gasteiger partial charge in [-0.15, -0.1) is 0 Å². The lowest BCUT2D eigenvalue weighted by atomic mass is 9.42. The first kappa shape index (κ1) is 25.4. The molecule has 9 atom stereocenters. The maximum absolute atomic E-state index is 12.9. The highest BCUT2D eigenvalue weighted by molar-refractivity contribution is 5.88. The van der Waals surface area contributed by atoms with Crippen molar-refractivity contribution in [3.8, 4) is 0 Å². The molecule has 0 aromatic rings. The maximum atomic E-state index is 12.9. The van der Waals surface area contributed by atoms with E-state index in [-0.39, 0.29) is 47.0 Å². The molecule has 6 heteroatoms. The molecule has 0 amide bonds. The molecule has 0 aromatic carbocycles. The van der Waals surface area contributed by atoms with Crippen molar-refractivity contribution in [3.05, 3.63) is 11.6 Å². The Morgan fingerprint density at radius 2 is 1.62 bits per heavy atom. The smallest absolute Gasteiger partial charge is 0.333 e. The monoisotopic (exact) mass is 474 g/mol. The summed E-state index contributed by atoms with van der Waals surface area (Å²) >= 11 is 0. The summed E-state index contributed by atoms with van der Waals surface area (Å²) in [5.74, 6) is -0.158. The predicted octanol–water partition coefficient (Wildman–Crippen LogP) is 4.77. The number of fused-ring (bicyclic) bond motifs is 5. The third-order valence-electron chi connectivity index (χ3n) is 10.7. The molecule has 34 heavy (non-hydrogen) atoms. The minimum absolute atomic E-state index is 0.0226. The summed E-state index contributed by atoms with van der Waals surface area (Å²) in [5, 5.41) is 12.4. The van der Waals surface area contributed by atoms with Gasteiger partial charge in [0.15, 0.2) is 0 Å². The zero-order valence-corrected chi connectivity index (χ0v) is 21.7. The summed E-state index contributed by atoms with van der Waals surface area (Å²) in [5.41, 5.74) is -1.31. The summed E-state index contributed by atoms with van der Waals surface area (Å²) in [7, 11) is 0. The van der Waals surface area contributed by atoms with Crippen molar-refractivity contribution in [1.82, 2.24) is 0 Å². The zero-order chi connectivity index (χ0) is 25.1. The number of ketones is 1. The molecule has 1 N–H and O–H groups in total. The van der Waals surface area contributed by atoms with Gasteiger partial charge in [-0.2, -0.15) is 0 Å². The van der Waals surface area contributed by atoms with E-state index in [1.807, 2.05) is 13.8 Å². The zero-order valence-electron chi connectivity index (χ0n) is 21.7. The Labute approximate surface area is 203 Å². The minimum atomic E-state index is -1.04. The summed E-state index contributed by atoms with van der Waals surface area (Å²) in [6.07, 6.45) is 7.55. The Kier molecular flexibility index (Phi) is 6.54. The number of Topliss-reactive ketones (excluding diaryl/α,β-unsaturated/α-hetero) is 1. The SMILES string of the molecule is CC=C(C)C(=O)OC1CC2C(CCC3CC(OC(C)=O)CCC32C)C2(O)CCC(C(C)=O)C12C. The summed E-state index contributed by atoms with van der Waals surface area (Å²) in [4.78, 5) is 37.2. The average Bonchev–Trinajstić information content (AvgIpc) is 3.06. The summed E-state index contributed by atoms with van der Waals surface area (Å²) in [6.45, 7) is 11.0. The van der Waals surface area contributed by atoms with E-state index in [0.29, 0.717) is 30.8 Å². The molecule has 190 valence electrons. The number of esters is 2. The molecular formula is C28H42O6. The number of carbonyl (C=O) groups is 3. The highest BCUT2D eigenvalue weighted by Gasteiger charge is 2.72. The molecule has 0 heterocycles. The lowest BCUT2D eigenvalue weighted by Gasteiger charge is -2.65. The van der Waals surface area contributed by atoms with Crippen LogP contribution in [0.15, 0.2) is 11.6 Å². The first-order chi connectivity index (χ1) is 15.9. The first-order valence-electron chi connectivity index (χ1n) is 13.1. The molecule has 0 spiro atoms. The molecule has 0 aromatic heterocycles. The van der Waals surface area contributed by atoms with Gasteiger partial charge in [0.1, 0.15) is 18.0 Å². The van der Waals surface area contributed by atoms with Crippen molar-refractivity contribution in [2.75, 3.05) is 0 Å². The van der Waals surface area contributed by atoms with Gasteiger partial charge in [-0.1, -0.05) is 19.9 Å². The quantitative estimate of drug-likeness (QED) is 0.466. The highest BCUT2D eigenvalue weighted by Crippen LogP contribution is 2.69. The number of allylic oxidation sites excluding steroid dienone is 1. The number of ether oxygens (including phenoxy) is 2. The van der Waals surface area contributed by atoms with E-state index in [0.717, 1.165) is 32.1 Å². The van der Waals surface area contributed by atoms with Gasteiger partial charge in [0, 0.05) is 23.8 Å². The standard InChI is InChI=1S/C28H42O6/c1-7-16(2)25(31)34-24-15-23-22(28(32)13-11-21(17(3)29)27(24,28)6)9-8-19-14-20(33-18(4)30)10-12-26(19,23)5/h7,19-24,32H,8-15H2,1-6H3. The molecule has 0 aliphatic heterocycles. The van der Waals surface area contributed by atoms with Crippen LogP contribution < -0.4 is 0 Å². The van der Waals surface area contributed by atoms with E-state index >= 15 is 0 Å². The molecule has 0 saturated heterocycles. The second-order valence-electron chi connectivity index (χ2n) is 12.0. The van der Waals surface area contributed by atoms with Crippen LogP contribution in [-0.2, 0) is 23.9 Å². The molecule has 9 unspecified atom stereocenters. The van der Waals surface area contributed by atoms with Gasteiger partial charge in [-0.05, 0) is 95.3 Å². The Bertz CT molecular complexity index is 893. The minimum Gasteiger partial charge on any atom is -0.463 e. The van der Waals surface area contributed by atoms with Crippen LogP contribution in [0.2, 0.25) is 0 Å². The van der Waals surface area contributed by atoms with Gasteiger partial charge >= 0.3 is 11.9 Å². The lowest BCUT2D eigenvalue weighted by Crippen LogP contribution is -2.68. The van der Waals surface area contributed by atoms with Crippen molar-refractivity contribution in [2.24, 2.45) is 34.5 Å². The van der Waals surface area contributed by atoms with Crippen molar-refractivity contribution < 1.29 is 29.0 Å². The van der Waals surface area contributed by atoms with Gasteiger partial charge in [0.25, 0.3) is 0 Å². The highest BCUT2D eigenvalue weighted by atomic mass is 16.5. The van der Waals surface area contributed by atoms with Crippen molar-refractivity contribution in [3.63, 3.8) is 0 Å². The Hall–Kier alpha value is -1.69. The maximum Gasteiger partial charge on any atom is 0.333 e. The van der Waals surface area contributed by atoms with Crippen LogP contribution in [0.5, 0.6) is 0 Å². The van der Waals surface area contributed by atoms with E-state index in [9.17, 15) is 19.5 Å². The Morgan fingerprint density at radius 1 is 0.912 bits per heavy atom. The Balaban J connectivity index is 1.71. The molecule has 4 rings (SSSR count). The van der Waals surface area contributed by atoms with Gasteiger partial charge < -0.3 is 14.6 Å². The van der Waals surface area contributed by atoms with E-state index in [4.69, 9.17) is 9.47 Å². The molecular weight excluding hydrogens is 432 g/mol. The van der Waals surface area contributed by atoms with Crippen LogP contribution in [0.1, 0.15) is 92.9 Å². The fourth-order valence-corrected chi connectivity index (χ4v) is 8.64. The number of carbonyl (C=O) groups excluding carboxylic acids is 3. The average molecular weight is 475 g/mol. The van der Waals surface area contributed by atoms with Gasteiger partial charge in [-0.3, -0.25) is 9.59 Å². The topological polar surface area (TPSA) is 89.9 Å². The fraction of sp³-hybridized carbons (Fsp3) is 0.821. The van der Waals surface area contributed by atoms with E-state index in [1.165, 1.54) is 6.92 Å². The van der Waals surface area contributed by atoms with Crippen LogP contribution in [0, 0.1) is 34.5 Å². The van der Waals surface area contributed by atoms with Crippen molar-refractivity contribution in [2.45, 2.75) is 111 Å². The molecule has 0 bridgehead atoms. The second-order valence-corrected chi connectivity index (χ2v) is 12.0. The Morgan fingerprint density at radius 3 is 2.24 bits per heavy atom. The van der Waals surface area contributed by atoms with Crippen LogP contribution >= 0.6 is 0 Å². The molecule has 4 aliphatic carbocycles.